The lowest BCUT2D eigenvalue weighted by Crippen LogP contribution is -2.58. The van der Waals surface area contributed by atoms with Gasteiger partial charge in [-0.25, -0.2) is 19.8 Å². The highest BCUT2D eigenvalue weighted by atomic mass is 16.2. The van der Waals surface area contributed by atoms with Gasteiger partial charge in [-0.3, -0.25) is 38.8 Å². The number of anilines is 3. The van der Waals surface area contributed by atoms with Crippen LogP contribution in [0, 0.1) is 6.92 Å². The molecule has 0 atom stereocenters. The van der Waals surface area contributed by atoms with Crippen LogP contribution in [0.15, 0.2) is 47.5 Å². The first kappa shape index (κ1) is 36.0. The summed E-state index contributed by atoms with van der Waals surface area (Å²) >= 11 is 0. The topological polar surface area (TPSA) is 183 Å². The second-order valence-electron chi connectivity index (χ2n) is 14.8. The van der Waals surface area contributed by atoms with E-state index in [0.29, 0.717) is 40.9 Å². The highest BCUT2D eigenvalue weighted by molar-refractivity contribution is 6.22. The van der Waals surface area contributed by atoms with E-state index in [4.69, 9.17) is 4.98 Å². The molecule has 1 aliphatic carbocycles. The van der Waals surface area contributed by atoms with E-state index in [-0.39, 0.29) is 47.0 Å². The van der Waals surface area contributed by atoms with Gasteiger partial charge in [0.1, 0.15) is 11.5 Å². The number of ketones is 1. The molecule has 8 rings (SSSR count). The summed E-state index contributed by atoms with van der Waals surface area (Å²) in [4.78, 5) is 94.7. The molecule has 5 amide bonds. The highest BCUT2D eigenvalue weighted by Gasteiger charge is 2.43. The monoisotopic (exact) mass is 746 g/mol. The molecule has 2 N–H and O–H groups in total. The molecule has 0 bridgehead atoms. The van der Waals surface area contributed by atoms with Crippen LogP contribution < -0.4 is 21.1 Å². The van der Waals surface area contributed by atoms with E-state index in [2.05, 4.69) is 37.4 Å². The Morgan fingerprint density at radius 1 is 0.927 bits per heavy atom. The fourth-order valence-electron chi connectivity index (χ4n) is 8.39. The van der Waals surface area contributed by atoms with Gasteiger partial charge in [0.15, 0.2) is 5.78 Å². The first-order valence-corrected chi connectivity index (χ1v) is 18.7. The molecule has 0 spiro atoms. The zero-order valence-electron chi connectivity index (χ0n) is 31.0. The summed E-state index contributed by atoms with van der Waals surface area (Å²) in [6.07, 6.45) is 9.11. The summed E-state index contributed by atoms with van der Waals surface area (Å²) in [5.41, 5.74) is 3.39. The van der Waals surface area contributed by atoms with Crippen molar-refractivity contribution >= 4 is 58.0 Å². The molecule has 1 saturated carbocycles. The van der Waals surface area contributed by atoms with Crippen molar-refractivity contribution in [3.05, 3.63) is 80.9 Å². The van der Waals surface area contributed by atoms with Gasteiger partial charge in [0.2, 0.25) is 11.9 Å². The van der Waals surface area contributed by atoms with Crippen molar-refractivity contribution in [2.45, 2.75) is 77.4 Å². The molecule has 4 aromatic rings. The highest BCUT2D eigenvalue weighted by Crippen LogP contribution is 2.33. The zero-order chi connectivity index (χ0) is 38.5. The number of imide groups is 2. The van der Waals surface area contributed by atoms with E-state index in [1.165, 1.54) is 6.92 Å². The number of aromatic nitrogens is 4. The zero-order valence-corrected chi connectivity index (χ0v) is 31.0. The lowest BCUT2D eigenvalue weighted by Gasteiger charge is -2.37. The number of fused-ring (bicyclic) bond motifs is 2. The summed E-state index contributed by atoms with van der Waals surface area (Å²) in [5.74, 6) is -0.970. The molecule has 3 fully saturated rings. The normalized spacial score (nSPS) is 18.1. The number of hydrogen-bond donors (Lipinski definition) is 2. The molecule has 6 heterocycles. The average Bonchev–Trinajstić information content (AvgIpc) is 3.78. The number of nitrogens with zero attached hydrogens (tertiary/aromatic N) is 8. The van der Waals surface area contributed by atoms with Gasteiger partial charge in [-0.15, -0.1) is 0 Å². The third kappa shape index (κ3) is 6.60. The van der Waals surface area contributed by atoms with Crippen LogP contribution in [-0.2, 0) is 11.3 Å². The SMILES string of the molecule is CC(=O)c1c(C)c2cnc(Nc3ccc(N4CCC(N(C)Cc5ccc6c(c5)C(=O)N(N5CCC(=O)NC5=O)C6=O)CC4)cn3)nc2n(C2CCCC2)c1=O. The number of amides is 5. The standard InChI is InChI=1S/C39H42N10O6/c1-22-30-20-41-38(44-34(30)48(26-6-4-5-7-26)37(54)33(22)23(2)50)42-31-11-9-27(19-40-31)46-15-12-25(13-16-46)45(3)21-24-8-10-28-29(18-24)36(53)49(35(28)52)47-17-14-32(51)43-39(47)55/h8-11,18-20,25-26H,4-7,12-17,21H2,1-3H3,(H,43,51,55)(H,40,41,42,44). The number of Topliss-reactive ketones (excluding diaryl/α,β-unsaturated/α-hetero) is 1. The number of urea groups is 1. The Kier molecular flexibility index (Phi) is 9.37. The van der Waals surface area contributed by atoms with Gasteiger partial charge in [-0.05, 0) is 82.0 Å². The molecule has 3 aliphatic heterocycles. The van der Waals surface area contributed by atoms with Crippen LogP contribution in [0.2, 0.25) is 0 Å². The minimum atomic E-state index is -0.787. The maximum absolute atomic E-state index is 13.6. The van der Waals surface area contributed by atoms with Crippen LogP contribution in [0.5, 0.6) is 0 Å². The number of pyridine rings is 2. The van der Waals surface area contributed by atoms with Gasteiger partial charge in [0, 0.05) is 49.7 Å². The third-order valence-electron chi connectivity index (χ3n) is 11.3. The van der Waals surface area contributed by atoms with Crippen LogP contribution in [0.25, 0.3) is 11.0 Å². The molecule has 284 valence electrons. The van der Waals surface area contributed by atoms with Gasteiger partial charge in [-0.2, -0.15) is 9.99 Å². The Morgan fingerprint density at radius 3 is 2.36 bits per heavy atom. The van der Waals surface area contributed by atoms with Gasteiger partial charge >= 0.3 is 6.03 Å². The Balaban J connectivity index is 0.894. The fraction of sp³-hybridized carbons (Fsp3) is 0.410. The Morgan fingerprint density at radius 2 is 1.67 bits per heavy atom. The molecule has 4 aliphatic rings. The lowest BCUT2D eigenvalue weighted by atomic mass is 10.0. The molecular weight excluding hydrogens is 704 g/mol. The summed E-state index contributed by atoms with van der Waals surface area (Å²) in [6, 6.07) is 8.58. The summed E-state index contributed by atoms with van der Waals surface area (Å²) in [6.45, 7) is 5.38. The average molecular weight is 747 g/mol. The Labute approximate surface area is 316 Å². The fourth-order valence-corrected chi connectivity index (χ4v) is 8.39. The van der Waals surface area contributed by atoms with Gasteiger partial charge < -0.3 is 10.2 Å². The summed E-state index contributed by atoms with van der Waals surface area (Å²) in [5, 5.41) is 7.86. The second kappa shape index (κ2) is 14.3. The molecule has 2 saturated heterocycles. The predicted octanol–water partition coefficient (Wildman–Crippen LogP) is 4.11. The molecular formula is C39H42N10O6. The Bertz CT molecular complexity index is 2310. The van der Waals surface area contributed by atoms with Crippen molar-refractivity contribution in [3.8, 4) is 0 Å². The maximum Gasteiger partial charge on any atom is 0.343 e. The number of rotatable bonds is 9. The van der Waals surface area contributed by atoms with Crippen LogP contribution in [0.1, 0.15) is 100 Å². The van der Waals surface area contributed by atoms with Crippen molar-refractivity contribution in [2.75, 3.05) is 36.9 Å². The van der Waals surface area contributed by atoms with Crippen LogP contribution in [0.3, 0.4) is 0 Å². The molecule has 0 radical (unpaired) electrons. The predicted molar refractivity (Wildman–Crippen MR) is 202 cm³/mol. The number of nitrogens with one attached hydrogen (secondary N) is 2. The largest absolute Gasteiger partial charge is 0.370 e. The van der Waals surface area contributed by atoms with Crippen molar-refractivity contribution in [3.63, 3.8) is 0 Å². The van der Waals surface area contributed by atoms with Crippen LogP contribution >= 0.6 is 0 Å². The summed E-state index contributed by atoms with van der Waals surface area (Å²) < 4.78 is 1.70. The second-order valence-corrected chi connectivity index (χ2v) is 14.8. The number of carbonyl (C=O) groups is 5. The van der Waals surface area contributed by atoms with Gasteiger partial charge in [-0.1, -0.05) is 18.9 Å². The minimum absolute atomic E-state index is 0.00627. The number of piperidine rings is 1. The Hall–Kier alpha value is -6.03. The van der Waals surface area contributed by atoms with E-state index >= 15 is 0 Å². The molecule has 55 heavy (non-hydrogen) atoms. The molecule has 16 heteroatoms. The van der Waals surface area contributed by atoms with Crippen molar-refractivity contribution in [2.24, 2.45) is 0 Å². The molecule has 0 unspecified atom stereocenters. The van der Waals surface area contributed by atoms with Crippen LogP contribution in [-0.4, -0.2) is 96.7 Å². The molecule has 1 aromatic carbocycles. The van der Waals surface area contributed by atoms with E-state index in [1.54, 1.807) is 29.8 Å². The number of aryl methyl sites for hydroxylation is 1. The quantitative estimate of drug-likeness (QED) is 0.185. The molecule has 3 aromatic heterocycles. The van der Waals surface area contributed by atoms with Gasteiger partial charge in [0.05, 0.1) is 35.1 Å². The number of benzene rings is 1. The van der Waals surface area contributed by atoms with E-state index < -0.39 is 23.8 Å². The van der Waals surface area contributed by atoms with E-state index in [9.17, 15) is 28.8 Å². The van der Waals surface area contributed by atoms with E-state index in [1.807, 2.05) is 24.4 Å². The van der Waals surface area contributed by atoms with Crippen LogP contribution in [0.4, 0.5) is 22.2 Å². The van der Waals surface area contributed by atoms with Crippen molar-refractivity contribution < 1.29 is 24.0 Å². The van der Waals surface area contributed by atoms with Crippen molar-refractivity contribution in [1.29, 1.82) is 0 Å². The summed E-state index contributed by atoms with van der Waals surface area (Å²) in [7, 11) is 2.05. The maximum atomic E-state index is 13.6. The smallest absolute Gasteiger partial charge is 0.343 e. The number of carbonyl (C=O) groups excluding carboxylic acids is 5. The number of hydrazine groups is 1. The minimum Gasteiger partial charge on any atom is -0.370 e. The van der Waals surface area contributed by atoms with Crippen molar-refractivity contribution in [1.82, 2.24) is 39.8 Å². The lowest BCUT2D eigenvalue weighted by molar-refractivity contribution is -0.122. The third-order valence-corrected chi connectivity index (χ3v) is 11.3. The first-order chi connectivity index (χ1) is 26.5. The molecule has 16 nitrogen and oxygen atoms in total. The number of hydrogen-bond acceptors (Lipinski definition) is 12. The van der Waals surface area contributed by atoms with Gasteiger partial charge in [0.25, 0.3) is 17.4 Å². The van der Waals surface area contributed by atoms with E-state index in [0.717, 1.165) is 72.9 Å². The first-order valence-electron chi connectivity index (χ1n) is 18.7.